The molecule has 2 aromatic heterocycles. The van der Waals surface area contributed by atoms with Crippen LogP contribution in [0.5, 0.6) is 0 Å². The van der Waals surface area contributed by atoms with Gasteiger partial charge in [0.15, 0.2) is 0 Å². The number of carbonyl (C=O) groups excluding carboxylic acids is 1. The molecule has 0 aromatic carbocycles. The third kappa shape index (κ3) is 4.17. The van der Waals surface area contributed by atoms with Crippen LogP contribution in [0.15, 0.2) is 35.4 Å². The van der Waals surface area contributed by atoms with E-state index in [9.17, 15) is 9.59 Å². The Morgan fingerprint density at radius 1 is 1.38 bits per heavy atom. The Balaban J connectivity index is 1.77. The van der Waals surface area contributed by atoms with Crippen molar-refractivity contribution in [3.8, 4) is 0 Å². The lowest BCUT2D eigenvalue weighted by Crippen LogP contribution is -2.44. The van der Waals surface area contributed by atoms with E-state index in [1.165, 1.54) is 0 Å². The molecule has 1 aliphatic heterocycles. The third-order valence-corrected chi connectivity index (χ3v) is 4.60. The third-order valence-electron chi connectivity index (χ3n) is 4.60. The molecule has 0 bridgehead atoms. The number of amides is 1. The number of rotatable bonds is 5. The second-order valence-electron chi connectivity index (χ2n) is 6.50. The molecule has 26 heavy (non-hydrogen) atoms. The van der Waals surface area contributed by atoms with Crippen molar-refractivity contribution in [2.24, 2.45) is 0 Å². The zero-order valence-electron chi connectivity index (χ0n) is 15.1. The normalized spacial score (nSPS) is 16.2. The first-order valence-electron chi connectivity index (χ1n) is 8.76. The molecule has 1 amide bonds. The molecular formula is C19H24N4O3. The van der Waals surface area contributed by atoms with Crippen LogP contribution in [0.4, 0.5) is 0 Å². The van der Waals surface area contributed by atoms with Crippen molar-refractivity contribution in [1.29, 1.82) is 0 Å². The van der Waals surface area contributed by atoms with E-state index in [4.69, 9.17) is 4.74 Å². The molecule has 7 nitrogen and oxygen atoms in total. The minimum absolute atomic E-state index is 0.0126. The van der Waals surface area contributed by atoms with Crippen molar-refractivity contribution in [1.82, 2.24) is 20.2 Å². The predicted molar refractivity (Wildman–Crippen MR) is 98.2 cm³/mol. The Morgan fingerprint density at radius 3 is 2.81 bits per heavy atom. The number of aromatic amines is 1. The number of aryl methyl sites for hydroxylation is 2. The van der Waals surface area contributed by atoms with Gasteiger partial charge in [-0.05, 0) is 37.1 Å². The van der Waals surface area contributed by atoms with Gasteiger partial charge in [-0.3, -0.25) is 19.5 Å². The first kappa shape index (κ1) is 18.3. The van der Waals surface area contributed by atoms with E-state index < -0.39 is 0 Å². The van der Waals surface area contributed by atoms with Crippen LogP contribution in [0.2, 0.25) is 0 Å². The summed E-state index contributed by atoms with van der Waals surface area (Å²) >= 11 is 0. The van der Waals surface area contributed by atoms with E-state index in [1.54, 1.807) is 26.1 Å². The van der Waals surface area contributed by atoms with Crippen molar-refractivity contribution in [3.63, 3.8) is 0 Å². The Hall–Kier alpha value is -2.51. The van der Waals surface area contributed by atoms with Crippen molar-refractivity contribution in [2.45, 2.75) is 19.9 Å². The number of carbonyl (C=O) groups is 1. The molecule has 1 unspecified atom stereocenters. The Kier molecular flexibility index (Phi) is 5.80. The first-order chi connectivity index (χ1) is 12.6. The largest absolute Gasteiger partial charge is 0.379 e. The van der Waals surface area contributed by atoms with Crippen LogP contribution in [0.3, 0.4) is 0 Å². The number of hydrogen-bond donors (Lipinski definition) is 2. The summed E-state index contributed by atoms with van der Waals surface area (Å²) in [4.78, 5) is 34.0. The van der Waals surface area contributed by atoms with Gasteiger partial charge in [-0.2, -0.15) is 0 Å². The van der Waals surface area contributed by atoms with Gasteiger partial charge in [-0.15, -0.1) is 0 Å². The molecule has 7 heteroatoms. The van der Waals surface area contributed by atoms with Gasteiger partial charge in [0.25, 0.3) is 11.5 Å². The molecule has 0 radical (unpaired) electrons. The average Bonchev–Trinajstić information content (AvgIpc) is 2.63. The van der Waals surface area contributed by atoms with Gasteiger partial charge < -0.3 is 15.0 Å². The minimum Gasteiger partial charge on any atom is -0.379 e. The lowest BCUT2D eigenvalue weighted by Gasteiger charge is -2.34. The van der Waals surface area contributed by atoms with Crippen LogP contribution >= 0.6 is 0 Å². The SMILES string of the molecule is Cc1cc(C)c(C(=O)NCC(c2cccnc2)N2CCOCC2)c(=O)[nH]1. The fraction of sp³-hybridized carbons (Fsp3) is 0.421. The van der Waals surface area contributed by atoms with E-state index in [1.807, 2.05) is 18.3 Å². The molecule has 3 heterocycles. The molecule has 1 atom stereocenters. The molecule has 3 rings (SSSR count). The molecule has 2 aromatic rings. The molecule has 138 valence electrons. The highest BCUT2D eigenvalue weighted by Gasteiger charge is 2.24. The van der Waals surface area contributed by atoms with E-state index in [-0.39, 0.29) is 23.1 Å². The zero-order valence-corrected chi connectivity index (χ0v) is 15.1. The average molecular weight is 356 g/mol. The van der Waals surface area contributed by atoms with Gasteiger partial charge in [0.1, 0.15) is 5.56 Å². The summed E-state index contributed by atoms with van der Waals surface area (Å²) in [5, 5.41) is 2.93. The van der Waals surface area contributed by atoms with Crippen LogP contribution in [0, 0.1) is 13.8 Å². The Bertz CT molecular complexity index is 813. The summed E-state index contributed by atoms with van der Waals surface area (Å²) in [5.74, 6) is -0.356. The lowest BCUT2D eigenvalue weighted by atomic mass is 10.1. The van der Waals surface area contributed by atoms with Crippen molar-refractivity contribution < 1.29 is 9.53 Å². The summed E-state index contributed by atoms with van der Waals surface area (Å²) in [7, 11) is 0. The lowest BCUT2D eigenvalue weighted by molar-refractivity contribution is 0.0161. The minimum atomic E-state index is -0.357. The quantitative estimate of drug-likeness (QED) is 0.840. The summed E-state index contributed by atoms with van der Waals surface area (Å²) in [5.41, 5.74) is 2.26. The topological polar surface area (TPSA) is 87.3 Å². The Labute approximate surface area is 152 Å². The molecule has 0 spiro atoms. The van der Waals surface area contributed by atoms with E-state index in [2.05, 4.69) is 20.2 Å². The number of pyridine rings is 2. The number of hydrogen-bond acceptors (Lipinski definition) is 5. The fourth-order valence-corrected chi connectivity index (χ4v) is 3.33. The second-order valence-corrected chi connectivity index (χ2v) is 6.50. The smallest absolute Gasteiger partial charge is 0.261 e. The van der Waals surface area contributed by atoms with Crippen molar-refractivity contribution >= 4 is 5.91 Å². The molecular weight excluding hydrogens is 332 g/mol. The number of H-pyrrole nitrogens is 1. The number of aromatic nitrogens is 2. The number of nitrogens with zero attached hydrogens (tertiary/aromatic N) is 2. The maximum Gasteiger partial charge on any atom is 0.261 e. The van der Waals surface area contributed by atoms with Gasteiger partial charge in [0.05, 0.1) is 19.3 Å². The van der Waals surface area contributed by atoms with Crippen LogP contribution in [-0.4, -0.2) is 53.6 Å². The number of nitrogens with one attached hydrogen (secondary N) is 2. The van der Waals surface area contributed by atoms with E-state index in [0.717, 1.165) is 24.3 Å². The highest BCUT2D eigenvalue weighted by molar-refractivity contribution is 5.95. The summed E-state index contributed by atoms with van der Waals surface area (Å²) in [6, 6.07) is 5.68. The highest BCUT2D eigenvalue weighted by Crippen LogP contribution is 2.20. The van der Waals surface area contributed by atoms with E-state index in [0.29, 0.717) is 25.3 Å². The van der Waals surface area contributed by atoms with Crippen LogP contribution < -0.4 is 10.9 Å². The van der Waals surface area contributed by atoms with Crippen LogP contribution in [0.1, 0.15) is 33.2 Å². The van der Waals surface area contributed by atoms with Gasteiger partial charge in [0.2, 0.25) is 0 Å². The van der Waals surface area contributed by atoms with Crippen LogP contribution in [-0.2, 0) is 4.74 Å². The Morgan fingerprint density at radius 2 is 2.15 bits per heavy atom. The molecule has 0 saturated carbocycles. The monoisotopic (exact) mass is 356 g/mol. The molecule has 1 saturated heterocycles. The van der Waals surface area contributed by atoms with Crippen molar-refractivity contribution in [3.05, 3.63) is 63.3 Å². The standard InChI is InChI=1S/C19H24N4O3/c1-13-10-14(2)22-19(25)17(13)18(24)21-12-16(15-4-3-5-20-11-15)23-6-8-26-9-7-23/h3-5,10-11,16H,6-9,12H2,1-2H3,(H,21,24)(H,22,25). The van der Waals surface area contributed by atoms with Gasteiger partial charge >= 0.3 is 0 Å². The fourth-order valence-electron chi connectivity index (χ4n) is 3.33. The van der Waals surface area contributed by atoms with Gasteiger partial charge in [-0.1, -0.05) is 6.07 Å². The zero-order chi connectivity index (χ0) is 18.5. The first-order valence-corrected chi connectivity index (χ1v) is 8.76. The molecule has 1 aliphatic rings. The maximum absolute atomic E-state index is 12.6. The predicted octanol–water partition coefficient (Wildman–Crippen LogP) is 1.19. The molecule has 1 fully saturated rings. The summed E-state index contributed by atoms with van der Waals surface area (Å²) in [6.45, 7) is 6.89. The maximum atomic E-state index is 12.6. The number of ether oxygens (including phenoxy) is 1. The highest BCUT2D eigenvalue weighted by atomic mass is 16.5. The van der Waals surface area contributed by atoms with Gasteiger partial charge in [0, 0.05) is 37.7 Å². The van der Waals surface area contributed by atoms with Crippen LogP contribution in [0.25, 0.3) is 0 Å². The second kappa shape index (κ2) is 8.25. The van der Waals surface area contributed by atoms with E-state index >= 15 is 0 Å². The summed E-state index contributed by atoms with van der Waals surface area (Å²) < 4.78 is 5.43. The summed E-state index contributed by atoms with van der Waals surface area (Å²) in [6.07, 6.45) is 3.55. The molecule has 2 N–H and O–H groups in total. The molecule has 0 aliphatic carbocycles. The number of morpholine rings is 1. The van der Waals surface area contributed by atoms with Crippen molar-refractivity contribution in [2.75, 3.05) is 32.8 Å². The van der Waals surface area contributed by atoms with Gasteiger partial charge in [-0.25, -0.2) is 0 Å².